The first-order valence-corrected chi connectivity index (χ1v) is 10.8. The zero-order valence-corrected chi connectivity index (χ0v) is 18.4. The Balaban J connectivity index is 1.58. The Morgan fingerprint density at radius 2 is 2.00 bits per heavy atom. The molecule has 2 aromatic rings. The van der Waals surface area contributed by atoms with Gasteiger partial charge in [0.1, 0.15) is 11.6 Å². The van der Waals surface area contributed by atoms with Crippen LogP contribution in [0.25, 0.3) is 11.4 Å². The van der Waals surface area contributed by atoms with Crippen molar-refractivity contribution in [2.45, 2.75) is 77.9 Å². The average molecular weight is 410 g/mol. The van der Waals surface area contributed by atoms with Gasteiger partial charge in [-0.1, -0.05) is 43.2 Å². The van der Waals surface area contributed by atoms with Gasteiger partial charge in [0.25, 0.3) is 0 Å². The maximum Gasteiger partial charge on any atom is 0.410 e. The van der Waals surface area contributed by atoms with Crippen molar-refractivity contribution in [1.82, 2.24) is 15.0 Å². The molecule has 3 rings (SSSR count). The zero-order chi connectivity index (χ0) is 21.6. The van der Waals surface area contributed by atoms with E-state index in [9.17, 15) is 4.79 Å². The van der Waals surface area contributed by atoms with Gasteiger partial charge in [-0.25, -0.2) is 4.79 Å². The Morgan fingerprint density at radius 3 is 2.63 bits per heavy atom. The second-order valence-electron chi connectivity index (χ2n) is 8.62. The lowest BCUT2D eigenvalue weighted by molar-refractivity contribution is -0.0119. The molecule has 1 aromatic heterocycles. The van der Waals surface area contributed by atoms with E-state index in [1.165, 1.54) is 19.3 Å². The van der Waals surface area contributed by atoms with Crippen molar-refractivity contribution in [2.24, 2.45) is 0 Å². The minimum absolute atomic E-state index is 0.223. The fourth-order valence-corrected chi connectivity index (χ4v) is 3.18. The highest BCUT2D eigenvalue weighted by Gasteiger charge is 2.39. The van der Waals surface area contributed by atoms with E-state index in [2.05, 4.69) is 28.9 Å². The second kappa shape index (κ2) is 9.80. The van der Waals surface area contributed by atoms with Crippen LogP contribution in [0.5, 0.6) is 0 Å². The van der Waals surface area contributed by atoms with Gasteiger partial charge in [0.2, 0.25) is 11.7 Å². The van der Waals surface area contributed by atoms with Gasteiger partial charge in [-0.2, -0.15) is 4.98 Å². The molecule has 1 aliphatic rings. The van der Waals surface area contributed by atoms with Gasteiger partial charge in [-0.15, -0.1) is 0 Å². The Bertz CT molecular complexity index is 900. The number of benzene rings is 1. The molecule has 1 aromatic carbocycles. The normalized spacial score (nSPS) is 15.9. The summed E-state index contributed by atoms with van der Waals surface area (Å²) in [6.07, 6.45) is 6.30. The molecule has 0 saturated carbocycles. The van der Waals surface area contributed by atoms with Crippen LogP contribution in [0.4, 0.5) is 4.79 Å². The largest absolute Gasteiger partial charge is 0.444 e. The Labute approximate surface area is 179 Å². The molecule has 1 saturated heterocycles. The molecule has 0 bridgehead atoms. The number of carbonyl (C=O) groups is 1. The van der Waals surface area contributed by atoms with Crippen molar-refractivity contribution in [3.63, 3.8) is 0 Å². The molecule has 0 N–H and O–H groups in total. The molecule has 0 unspecified atom stereocenters. The lowest BCUT2D eigenvalue weighted by atomic mass is 10.0. The minimum atomic E-state index is -0.530. The molecule has 30 heavy (non-hydrogen) atoms. The molecule has 1 atom stereocenters. The van der Waals surface area contributed by atoms with Gasteiger partial charge in [0.05, 0.1) is 0 Å². The number of aromatic nitrogens is 2. The number of hydrogen-bond acceptors (Lipinski definition) is 5. The molecule has 2 heterocycles. The average Bonchev–Trinajstić information content (AvgIpc) is 3.12. The summed E-state index contributed by atoms with van der Waals surface area (Å²) in [5.41, 5.74) is 1.31. The number of rotatable bonds is 6. The van der Waals surface area contributed by atoms with E-state index in [1.807, 2.05) is 45.0 Å². The van der Waals surface area contributed by atoms with Crippen LogP contribution in [0.15, 0.2) is 28.8 Å². The Kier molecular flexibility index (Phi) is 7.15. The van der Waals surface area contributed by atoms with E-state index >= 15 is 0 Å². The lowest BCUT2D eigenvalue weighted by Crippen LogP contribution is -2.47. The number of ether oxygens (including phenoxy) is 1. The number of nitrogens with zero attached hydrogens (tertiary/aromatic N) is 3. The number of carbonyl (C=O) groups excluding carboxylic acids is 1. The summed E-state index contributed by atoms with van der Waals surface area (Å²) in [4.78, 5) is 18.4. The molecule has 1 amide bonds. The first kappa shape index (κ1) is 21.9. The predicted molar refractivity (Wildman–Crippen MR) is 116 cm³/mol. The van der Waals surface area contributed by atoms with Crippen LogP contribution >= 0.6 is 0 Å². The highest BCUT2D eigenvalue weighted by atomic mass is 16.6. The van der Waals surface area contributed by atoms with Crippen LogP contribution in [0.1, 0.15) is 83.7 Å². The molecule has 1 aliphatic heterocycles. The van der Waals surface area contributed by atoms with E-state index in [1.54, 1.807) is 4.90 Å². The number of unbranched alkanes of at least 4 members (excludes halogenated alkanes) is 4. The maximum absolute atomic E-state index is 12.3. The third kappa shape index (κ3) is 5.85. The second-order valence-corrected chi connectivity index (χ2v) is 8.62. The molecule has 6 nitrogen and oxygen atoms in total. The van der Waals surface area contributed by atoms with Crippen molar-refractivity contribution < 1.29 is 14.1 Å². The molecule has 0 spiro atoms. The van der Waals surface area contributed by atoms with Crippen LogP contribution in [0, 0.1) is 11.8 Å². The summed E-state index contributed by atoms with van der Waals surface area (Å²) < 4.78 is 10.9. The third-order valence-electron chi connectivity index (χ3n) is 4.91. The van der Waals surface area contributed by atoms with Crippen molar-refractivity contribution in [3.8, 4) is 23.2 Å². The summed E-state index contributed by atoms with van der Waals surface area (Å²) in [6.45, 7) is 8.40. The summed E-state index contributed by atoms with van der Waals surface area (Å²) >= 11 is 0. The van der Waals surface area contributed by atoms with E-state index < -0.39 is 5.60 Å². The van der Waals surface area contributed by atoms with Crippen molar-refractivity contribution >= 4 is 6.09 Å². The van der Waals surface area contributed by atoms with Gasteiger partial charge in [-0.05, 0) is 57.9 Å². The van der Waals surface area contributed by atoms with Crippen molar-refractivity contribution in [2.75, 3.05) is 6.54 Å². The zero-order valence-electron chi connectivity index (χ0n) is 18.4. The van der Waals surface area contributed by atoms with Gasteiger partial charge in [0, 0.05) is 24.1 Å². The molecular weight excluding hydrogens is 378 g/mol. The number of likely N-dealkylation sites (tertiary alicyclic amines) is 1. The minimum Gasteiger partial charge on any atom is -0.444 e. The van der Waals surface area contributed by atoms with E-state index in [0.29, 0.717) is 18.3 Å². The van der Waals surface area contributed by atoms with Gasteiger partial charge < -0.3 is 9.26 Å². The van der Waals surface area contributed by atoms with Crippen molar-refractivity contribution in [1.29, 1.82) is 0 Å². The predicted octanol–water partition coefficient (Wildman–Crippen LogP) is 5.74. The SMILES string of the molecule is CCCCCCC#Cc1ccc(-c2noc([C@@H]3CCN3C(=O)OC(C)(C)C)n2)cc1. The standard InChI is InChI=1S/C24H31N3O3/c1-5-6-7-8-9-10-11-18-12-14-19(15-13-18)21-25-22(30-26-21)20-16-17-27(20)23(28)29-24(2,3)4/h12-15,20H,5-9,16-17H2,1-4H3/t20-/m0/s1. The lowest BCUT2D eigenvalue weighted by Gasteiger charge is -2.39. The van der Waals surface area contributed by atoms with Gasteiger partial charge in [-0.3, -0.25) is 4.90 Å². The third-order valence-corrected chi connectivity index (χ3v) is 4.91. The molecule has 0 radical (unpaired) electrons. The van der Waals surface area contributed by atoms with Gasteiger partial charge in [0.15, 0.2) is 0 Å². The van der Waals surface area contributed by atoms with Crippen LogP contribution in [-0.2, 0) is 4.74 Å². The van der Waals surface area contributed by atoms with Crippen LogP contribution in [0.3, 0.4) is 0 Å². The monoisotopic (exact) mass is 409 g/mol. The smallest absolute Gasteiger partial charge is 0.410 e. The van der Waals surface area contributed by atoms with E-state index in [0.717, 1.165) is 30.4 Å². The van der Waals surface area contributed by atoms with E-state index in [4.69, 9.17) is 9.26 Å². The first-order chi connectivity index (χ1) is 14.4. The Hall–Kier alpha value is -2.81. The maximum atomic E-state index is 12.3. The Morgan fingerprint density at radius 1 is 1.23 bits per heavy atom. The fourth-order valence-electron chi connectivity index (χ4n) is 3.18. The summed E-state index contributed by atoms with van der Waals surface area (Å²) in [6, 6.07) is 7.62. The molecular formula is C24H31N3O3. The fraction of sp³-hybridized carbons (Fsp3) is 0.542. The van der Waals surface area contributed by atoms with Crippen LogP contribution in [-0.4, -0.2) is 33.3 Å². The summed E-state index contributed by atoms with van der Waals surface area (Å²) in [5, 5.41) is 4.09. The first-order valence-electron chi connectivity index (χ1n) is 10.8. The van der Waals surface area contributed by atoms with E-state index in [-0.39, 0.29) is 12.1 Å². The highest BCUT2D eigenvalue weighted by Crippen LogP contribution is 2.34. The number of amides is 1. The van der Waals surface area contributed by atoms with Crippen LogP contribution < -0.4 is 0 Å². The van der Waals surface area contributed by atoms with Crippen molar-refractivity contribution in [3.05, 3.63) is 35.7 Å². The summed E-state index contributed by atoms with van der Waals surface area (Å²) in [7, 11) is 0. The topological polar surface area (TPSA) is 68.5 Å². The molecule has 160 valence electrons. The summed E-state index contributed by atoms with van der Waals surface area (Å²) in [5.74, 6) is 7.40. The highest BCUT2D eigenvalue weighted by molar-refractivity contribution is 5.69. The number of hydrogen-bond donors (Lipinski definition) is 0. The van der Waals surface area contributed by atoms with Crippen LogP contribution in [0.2, 0.25) is 0 Å². The molecule has 1 fully saturated rings. The quantitative estimate of drug-likeness (QED) is 0.449. The molecule has 0 aliphatic carbocycles. The van der Waals surface area contributed by atoms with Gasteiger partial charge >= 0.3 is 6.09 Å². The molecule has 6 heteroatoms.